The number of hydrogen-bond donors (Lipinski definition) is 1. The highest BCUT2D eigenvalue weighted by molar-refractivity contribution is 6.09. The Hall–Kier alpha value is -3.22. The first-order chi connectivity index (χ1) is 13.5. The topological polar surface area (TPSA) is 71.1 Å². The average molecular weight is 381 g/mol. The molecule has 2 aliphatic rings. The molecule has 1 saturated heterocycles. The van der Waals surface area contributed by atoms with E-state index in [2.05, 4.69) is 5.32 Å². The molecule has 3 amide bonds. The highest BCUT2D eigenvalue weighted by Crippen LogP contribution is 2.48. The van der Waals surface area contributed by atoms with Crippen LogP contribution < -0.4 is 19.7 Å². The molecule has 1 atom stereocenters. The summed E-state index contributed by atoms with van der Waals surface area (Å²) in [6.45, 7) is 0.845. The van der Waals surface area contributed by atoms with Crippen molar-refractivity contribution in [1.29, 1.82) is 0 Å². The van der Waals surface area contributed by atoms with Crippen LogP contribution in [-0.2, 0) is 10.2 Å². The third kappa shape index (κ3) is 2.74. The van der Waals surface area contributed by atoms with Crippen molar-refractivity contribution in [2.24, 2.45) is 0 Å². The molecule has 7 nitrogen and oxygen atoms in total. The Labute approximate surface area is 163 Å². The van der Waals surface area contributed by atoms with Crippen molar-refractivity contribution in [3.8, 4) is 11.5 Å². The Morgan fingerprint density at radius 1 is 1.11 bits per heavy atom. The van der Waals surface area contributed by atoms with Crippen LogP contribution in [0.5, 0.6) is 11.5 Å². The molecule has 1 N–H and O–H groups in total. The SMILES string of the molecule is COc1cccc(NC(=O)N2CC[C@]3(C2)C(=O)N(C)c2ccc(OC)cc23)c1. The first-order valence-electron chi connectivity index (χ1n) is 9.15. The number of likely N-dealkylation sites (tertiary alicyclic amines) is 1. The van der Waals surface area contributed by atoms with Gasteiger partial charge in [-0.1, -0.05) is 6.07 Å². The van der Waals surface area contributed by atoms with Crippen molar-refractivity contribution in [2.45, 2.75) is 11.8 Å². The number of rotatable bonds is 3. The van der Waals surface area contributed by atoms with Gasteiger partial charge in [0, 0.05) is 37.6 Å². The zero-order chi connectivity index (χ0) is 19.9. The molecule has 2 heterocycles. The Balaban J connectivity index is 1.58. The largest absolute Gasteiger partial charge is 0.497 e. The van der Waals surface area contributed by atoms with Gasteiger partial charge in [0.1, 0.15) is 11.5 Å². The van der Waals surface area contributed by atoms with E-state index >= 15 is 0 Å². The number of fused-ring (bicyclic) bond motifs is 2. The first kappa shape index (κ1) is 18.2. The van der Waals surface area contributed by atoms with Gasteiger partial charge in [-0.25, -0.2) is 4.79 Å². The summed E-state index contributed by atoms with van der Waals surface area (Å²) in [5.74, 6) is 1.40. The van der Waals surface area contributed by atoms with Crippen molar-refractivity contribution in [3.05, 3.63) is 48.0 Å². The van der Waals surface area contributed by atoms with Crippen molar-refractivity contribution in [2.75, 3.05) is 44.6 Å². The molecule has 1 fully saturated rings. The summed E-state index contributed by atoms with van der Waals surface area (Å²) in [7, 11) is 4.97. The monoisotopic (exact) mass is 381 g/mol. The van der Waals surface area contributed by atoms with E-state index < -0.39 is 5.41 Å². The second-order valence-electron chi connectivity index (χ2n) is 7.16. The molecule has 0 saturated carbocycles. The Morgan fingerprint density at radius 3 is 2.61 bits per heavy atom. The molecular formula is C21H23N3O4. The quantitative estimate of drug-likeness (QED) is 0.888. The van der Waals surface area contributed by atoms with Crippen LogP contribution in [0.15, 0.2) is 42.5 Å². The maximum Gasteiger partial charge on any atom is 0.321 e. The minimum atomic E-state index is -0.718. The predicted molar refractivity (Wildman–Crippen MR) is 106 cm³/mol. The summed E-state index contributed by atoms with van der Waals surface area (Å²) in [6, 6.07) is 12.6. The maximum atomic E-state index is 13.1. The molecule has 0 unspecified atom stereocenters. The molecule has 146 valence electrons. The van der Waals surface area contributed by atoms with Crippen LogP contribution in [-0.4, -0.2) is 51.2 Å². The molecular weight excluding hydrogens is 358 g/mol. The van der Waals surface area contributed by atoms with Crippen LogP contribution >= 0.6 is 0 Å². The van der Waals surface area contributed by atoms with Crippen molar-refractivity contribution >= 4 is 23.3 Å². The maximum absolute atomic E-state index is 13.1. The van der Waals surface area contributed by atoms with Crippen LogP contribution in [0.4, 0.5) is 16.2 Å². The number of methoxy groups -OCH3 is 2. The number of ether oxygens (including phenoxy) is 2. The van der Waals surface area contributed by atoms with Gasteiger partial charge in [-0.15, -0.1) is 0 Å². The van der Waals surface area contributed by atoms with Gasteiger partial charge in [0.15, 0.2) is 0 Å². The fourth-order valence-electron chi connectivity index (χ4n) is 4.14. The second kappa shape index (κ2) is 6.74. The molecule has 2 aliphatic heterocycles. The van der Waals surface area contributed by atoms with E-state index in [4.69, 9.17) is 9.47 Å². The fraction of sp³-hybridized carbons (Fsp3) is 0.333. The highest BCUT2D eigenvalue weighted by atomic mass is 16.5. The van der Waals surface area contributed by atoms with Crippen molar-refractivity contribution in [3.63, 3.8) is 0 Å². The highest BCUT2D eigenvalue weighted by Gasteiger charge is 2.54. The smallest absolute Gasteiger partial charge is 0.321 e. The molecule has 0 aromatic heterocycles. The van der Waals surface area contributed by atoms with Crippen LogP contribution in [0.2, 0.25) is 0 Å². The number of likely N-dealkylation sites (N-methyl/N-ethyl adjacent to an activating group) is 1. The third-order valence-corrected chi connectivity index (χ3v) is 5.67. The summed E-state index contributed by atoms with van der Waals surface area (Å²) in [6.07, 6.45) is 0.585. The molecule has 4 rings (SSSR count). The molecule has 2 aromatic carbocycles. The van der Waals surface area contributed by atoms with Gasteiger partial charge in [-0.2, -0.15) is 0 Å². The van der Waals surface area contributed by atoms with Gasteiger partial charge >= 0.3 is 6.03 Å². The number of benzene rings is 2. The summed E-state index contributed by atoms with van der Waals surface area (Å²) in [5, 5.41) is 2.89. The lowest BCUT2D eigenvalue weighted by molar-refractivity contribution is -0.122. The molecule has 0 bridgehead atoms. The molecule has 1 spiro atoms. The Bertz CT molecular complexity index is 945. The number of hydrogen-bond acceptors (Lipinski definition) is 4. The standard InChI is InChI=1S/C21H23N3O4/c1-23-18-8-7-16(28-3)12-17(18)21(19(23)25)9-10-24(13-21)20(26)22-14-5-4-6-15(11-14)27-2/h4-8,11-12H,9-10,13H2,1-3H3,(H,22,26)/t21-/m1/s1. The third-order valence-electron chi connectivity index (χ3n) is 5.67. The average Bonchev–Trinajstić information content (AvgIpc) is 3.26. The lowest BCUT2D eigenvalue weighted by atomic mass is 9.81. The van der Waals surface area contributed by atoms with E-state index in [0.29, 0.717) is 36.7 Å². The lowest BCUT2D eigenvalue weighted by Gasteiger charge is -2.24. The molecule has 7 heteroatoms. The zero-order valence-electron chi connectivity index (χ0n) is 16.2. The first-order valence-corrected chi connectivity index (χ1v) is 9.15. The van der Waals surface area contributed by atoms with E-state index in [1.807, 2.05) is 30.3 Å². The van der Waals surface area contributed by atoms with E-state index in [9.17, 15) is 9.59 Å². The number of carbonyl (C=O) groups excluding carboxylic acids is 2. The molecule has 0 radical (unpaired) electrons. The number of nitrogens with one attached hydrogen (secondary N) is 1. The Morgan fingerprint density at radius 2 is 1.86 bits per heavy atom. The van der Waals surface area contributed by atoms with E-state index in [1.54, 1.807) is 43.2 Å². The minimum Gasteiger partial charge on any atom is -0.497 e. The van der Waals surface area contributed by atoms with Crippen molar-refractivity contribution < 1.29 is 19.1 Å². The van der Waals surface area contributed by atoms with Crippen molar-refractivity contribution in [1.82, 2.24) is 4.90 Å². The van der Waals surface area contributed by atoms with Gasteiger partial charge in [0.05, 0.1) is 19.6 Å². The van der Waals surface area contributed by atoms with Gasteiger partial charge in [-0.3, -0.25) is 4.79 Å². The Kier molecular flexibility index (Phi) is 4.37. The van der Waals surface area contributed by atoms with Crippen LogP contribution in [0, 0.1) is 0 Å². The molecule has 0 aliphatic carbocycles. The minimum absolute atomic E-state index is 0.0208. The number of nitrogens with zero attached hydrogens (tertiary/aromatic N) is 2. The van der Waals surface area contributed by atoms with E-state index in [1.165, 1.54) is 0 Å². The summed E-state index contributed by atoms with van der Waals surface area (Å²) in [5.41, 5.74) is 1.74. The predicted octanol–water partition coefficient (Wildman–Crippen LogP) is 2.86. The number of carbonyl (C=O) groups is 2. The molecule has 28 heavy (non-hydrogen) atoms. The fourth-order valence-corrected chi connectivity index (χ4v) is 4.14. The van der Waals surface area contributed by atoms with Crippen LogP contribution in [0.25, 0.3) is 0 Å². The normalized spacial score (nSPS) is 20.5. The van der Waals surface area contributed by atoms with Gasteiger partial charge in [-0.05, 0) is 42.3 Å². The second-order valence-corrected chi connectivity index (χ2v) is 7.16. The zero-order valence-corrected chi connectivity index (χ0v) is 16.2. The number of urea groups is 1. The summed E-state index contributed by atoms with van der Waals surface area (Å²) >= 11 is 0. The molecule has 2 aromatic rings. The van der Waals surface area contributed by atoms with Crippen LogP contribution in [0.1, 0.15) is 12.0 Å². The van der Waals surface area contributed by atoms with E-state index in [-0.39, 0.29) is 11.9 Å². The van der Waals surface area contributed by atoms with Gasteiger partial charge in [0.2, 0.25) is 5.91 Å². The summed E-state index contributed by atoms with van der Waals surface area (Å²) < 4.78 is 10.6. The van der Waals surface area contributed by atoms with Gasteiger partial charge < -0.3 is 24.6 Å². The van der Waals surface area contributed by atoms with Gasteiger partial charge in [0.25, 0.3) is 0 Å². The van der Waals surface area contributed by atoms with E-state index in [0.717, 1.165) is 11.3 Å². The van der Waals surface area contributed by atoms with Crippen LogP contribution in [0.3, 0.4) is 0 Å². The summed E-state index contributed by atoms with van der Waals surface area (Å²) in [4.78, 5) is 29.3. The number of amides is 3. The lowest BCUT2D eigenvalue weighted by Crippen LogP contribution is -2.42. The number of anilines is 2.